The molecular formula is C10H20N2OS. The Kier molecular flexibility index (Phi) is 5.33. The van der Waals surface area contributed by atoms with Crippen LogP contribution in [0, 0.1) is 0 Å². The SMILES string of the molecule is NC(=O)C(N)CCSC1CCCCC1. The van der Waals surface area contributed by atoms with E-state index in [4.69, 9.17) is 11.5 Å². The summed E-state index contributed by atoms with van der Waals surface area (Å²) in [4.78, 5) is 10.7. The minimum absolute atomic E-state index is 0.380. The zero-order valence-electron chi connectivity index (χ0n) is 8.58. The second-order valence-electron chi connectivity index (χ2n) is 3.93. The maximum absolute atomic E-state index is 10.7. The summed E-state index contributed by atoms with van der Waals surface area (Å²) in [5.74, 6) is 0.587. The number of nitrogens with two attached hydrogens (primary N) is 2. The molecule has 1 aliphatic carbocycles. The molecule has 1 unspecified atom stereocenters. The number of hydrogen-bond acceptors (Lipinski definition) is 3. The van der Waals surface area contributed by atoms with Gasteiger partial charge in [-0.05, 0) is 25.0 Å². The molecule has 3 nitrogen and oxygen atoms in total. The van der Waals surface area contributed by atoms with Gasteiger partial charge >= 0.3 is 0 Å². The molecule has 0 saturated heterocycles. The van der Waals surface area contributed by atoms with Crippen LogP contribution in [-0.2, 0) is 4.79 Å². The van der Waals surface area contributed by atoms with Crippen LogP contribution in [0.15, 0.2) is 0 Å². The highest BCUT2D eigenvalue weighted by Crippen LogP contribution is 2.28. The third-order valence-corrected chi connectivity index (χ3v) is 4.11. The van der Waals surface area contributed by atoms with Crippen LogP contribution >= 0.6 is 11.8 Å². The zero-order valence-corrected chi connectivity index (χ0v) is 9.39. The summed E-state index contributed by atoms with van der Waals surface area (Å²) in [6.07, 6.45) is 7.49. The predicted octanol–water partition coefficient (Wildman–Crippen LogP) is 1.25. The molecule has 1 saturated carbocycles. The molecule has 0 aromatic carbocycles. The van der Waals surface area contributed by atoms with Gasteiger partial charge in [-0.2, -0.15) is 11.8 Å². The second kappa shape index (κ2) is 6.30. The second-order valence-corrected chi connectivity index (χ2v) is 5.34. The molecule has 1 aliphatic rings. The number of primary amides is 1. The number of hydrogen-bond donors (Lipinski definition) is 2. The molecule has 0 radical (unpaired) electrons. The van der Waals surface area contributed by atoms with Crippen LogP contribution in [-0.4, -0.2) is 23.0 Å². The lowest BCUT2D eigenvalue weighted by Gasteiger charge is -2.21. The number of rotatable bonds is 5. The Labute approximate surface area is 90.0 Å². The van der Waals surface area contributed by atoms with Crippen LogP contribution in [0.3, 0.4) is 0 Å². The van der Waals surface area contributed by atoms with E-state index in [0.29, 0.717) is 0 Å². The summed E-state index contributed by atoms with van der Waals surface area (Å²) < 4.78 is 0. The van der Waals surface area contributed by atoms with Gasteiger partial charge in [0, 0.05) is 5.25 Å². The summed E-state index contributed by atoms with van der Waals surface area (Å²) in [6, 6.07) is -0.453. The quantitative estimate of drug-likeness (QED) is 0.727. The summed E-state index contributed by atoms with van der Waals surface area (Å²) in [5, 5.41) is 0.795. The van der Waals surface area contributed by atoms with Gasteiger partial charge in [0.05, 0.1) is 6.04 Å². The number of carbonyl (C=O) groups is 1. The Hall–Kier alpha value is -0.220. The molecule has 0 aromatic rings. The summed E-state index contributed by atoms with van der Waals surface area (Å²) >= 11 is 1.96. The van der Waals surface area contributed by atoms with Gasteiger partial charge in [0.15, 0.2) is 0 Å². The molecular weight excluding hydrogens is 196 g/mol. The van der Waals surface area contributed by atoms with Crippen LogP contribution in [0.4, 0.5) is 0 Å². The largest absolute Gasteiger partial charge is 0.368 e. The third kappa shape index (κ3) is 4.33. The van der Waals surface area contributed by atoms with Gasteiger partial charge in [0.2, 0.25) is 5.91 Å². The zero-order chi connectivity index (χ0) is 10.4. The minimum Gasteiger partial charge on any atom is -0.368 e. The molecule has 1 amide bonds. The fourth-order valence-electron chi connectivity index (χ4n) is 1.74. The van der Waals surface area contributed by atoms with E-state index in [9.17, 15) is 4.79 Å². The van der Waals surface area contributed by atoms with Crippen LogP contribution in [0.2, 0.25) is 0 Å². The summed E-state index contributed by atoms with van der Waals surface area (Å²) in [5.41, 5.74) is 10.6. The maximum atomic E-state index is 10.7. The van der Waals surface area contributed by atoms with E-state index in [2.05, 4.69) is 0 Å². The van der Waals surface area contributed by atoms with Gasteiger partial charge in [-0.3, -0.25) is 4.79 Å². The highest BCUT2D eigenvalue weighted by Gasteiger charge is 2.15. The average Bonchev–Trinajstić information content (AvgIpc) is 2.19. The van der Waals surface area contributed by atoms with Crippen molar-refractivity contribution in [2.45, 2.75) is 49.8 Å². The van der Waals surface area contributed by atoms with Crippen LogP contribution < -0.4 is 11.5 Å². The molecule has 0 heterocycles. The Morgan fingerprint density at radius 2 is 2.00 bits per heavy atom. The Bertz CT molecular complexity index is 181. The van der Waals surface area contributed by atoms with Crippen molar-refractivity contribution in [3.63, 3.8) is 0 Å². The highest BCUT2D eigenvalue weighted by molar-refractivity contribution is 7.99. The summed E-state index contributed by atoms with van der Waals surface area (Å²) in [7, 11) is 0. The molecule has 0 aromatic heterocycles. The molecule has 82 valence electrons. The number of thioether (sulfide) groups is 1. The van der Waals surface area contributed by atoms with Crippen molar-refractivity contribution in [1.82, 2.24) is 0 Å². The molecule has 0 spiro atoms. The van der Waals surface area contributed by atoms with E-state index in [1.807, 2.05) is 11.8 Å². The van der Waals surface area contributed by atoms with Gasteiger partial charge in [-0.15, -0.1) is 0 Å². The molecule has 1 rings (SSSR count). The lowest BCUT2D eigenvalue weighted by Crippen LogP contribution is -2.36. The van der Waals surface area contributed by atoms with E-state index in [1.54, 1.807) is 0 Å². The van der Waals surface area contributed by atoms with Gasteiger partial charge in [-0.1, -0.05) is 19.3 Å². The first-order valence-electron chi connectivity index (χ1n) is 5.36. The third-order valence-electron chi connectivity index (χ3n) is 2.70. The maximum Gasteiger partial charge on any atom is 0.234 e. The van der Waals surface area contributed by atoms with Crippen LogP contribution in [0.1, 0.15) is 38.5 Å². The van der Waals surface area contributed by atoms with Gasteiger partial charge in [-0.25, -0.2) is 0 Å². The lowest BCUT2D eigenvalue weighted by molar-refractivity contribution is -0.119. The normalized spacial score (nSPS) is 20.6. The Balaban J connectivity index is 2.05. The topological polar surface area (TPSA) is 69.1 Å². The van der Waals surface area contributed by atoms with Gasteiger partial charge in [0.25, 0.3) is 0 Å². The monoisotopic (exact) mass is 216 g/mol. The average molecular weight is 216 g/mol. The van der Waals surface area contributed by atoms with Crippen LogP contribution in [0.25, 0.3) is 0 Å². The van der Waals surface area contributed by atoms with Crippen molar-refractivity contribution in [2.24, 2.45) is 11.5 Å². The van der Waals surface area contributed by atoms with E-state index < -0.39 is 6.04 Å². The van der Waals surface area contributed by atoms with Crippen molar-refractivity contribution in [2.75, 3.05) is 5.75 Å². The number of amides is 1. The van der Waals surface area contributed by atoms with E-state index in [-0.39, 0.29) is 5.91 Å². The Morgan fingerprint density at radius 1 is 1.36 bits per heavy atom. The molecule has 4 N–H and O–H groups in total. The van der Waals surface area contributed by atoms with Crippen molar-refractivity contribution >= 4 is 17.7 Å². The van der Waals surface area contributed by atoms with E-state index >= 15 is 0 Å². The molecule has 0 bridgehead atoms. The molecule has 1 atom stereocenters. The fourth-order valence-corrected chi connectivity index (χ4v) is 3.13. The van der Waals surface area contributed by atoms with E-state index in [1.165, 1.54) is 32.1 Å². The smallest absolute Gasteiger partial charge is 0.234 e. The first kappa shape index (κ1) is 11.9. The first-order chi connectivity index (χ1) is 6.70. The molecule has 14 heavy (non-hydrogen) atoms. The van der Waals surface area contributed by atoms with Crippen molar-refractivity contribution in [3.8, 4) is 0 Å². The highest BCUT2D eigenvalue weighted by atomic mass is 32.2. The fraction of sp³-hybridized carbons (Fsp3) is 0.900. The molecule has 4 heteroatoms. The number of carbonyl (C=O) groups excluding carboxylic acids is 1. The molecule has 0 aliphatic heterocycles. The van der Waals surface area contributed by atoms with Crippen molar-refractivity contribution in [1.29, 1.82) is 0 Å². The lowest BCUT2D eigenvalue weighted by atomic mass is 10.0. The van der Waals surface area contributed by atoms with E-state index in [0.717, 1.165) is 17.4 Å². The Morgan fingerprint density at radius 3 is 2.57 bits per heavy atom. The van der Waals surface area contributed by atoms with Crippen LogP contribution in [0.5, 0.6) is 0 Å². The molecule has 1 fully saturated rings. The van der Waals surface area contributed by atoms with Gasteiger partial charge in [0.1, 0.15) is 0 Å². The summed E-state index contributed by atoms with van der Waals surface area (Å²) in [6.45, 7) is 0. The van der Waals surface area contributed by atoms with Crippen molar-refractivity contribution in [3.05, 3.63) is 0 Å². The van der Waals surface area contributed by atoms with Crippen molar-refractivity contribution < 1.29 is 4.79 Å². The predicted molar refractivity (Wildman–Crippen MR) is 61.1 cm³/mol. The van der Waals surface area contributed by atoms with Gasteiger partial charge < -0.3 is 11.5 Å². The first-order valence-corrected chi connectivity index (χ1v) is 6.41. The standard InChI is InChI=1S/C10H20N2OS/c11-9(10(12)13)6-7-14-8-4-2-1-3-5-8/h8-9H,1-7,11H2,(H2,12,13). The minimum atomic E-state index is -0.453.